The lowest BCUT2D eigenvalue weighted by atomic mass is 10.0. The molecule has 1 aliphatic rings. The van der Waals surface area contributed by atoms with Crippen LogP contribution in [0.15, 0.2) is 23.4 Å². The Kier molecular flexibility index (Phi) is 4.57. The number of hydrogen-bond acceptors (Lipinski definition) is 5. The summed E-state index contributed by atoms with van der Waals surface area (Å²) in [5, 5.41) is 22.5. The van der Waals surface area contributed by atoms with Gasteiger partial charge in [0.1, 0.15) is 5.75 Å². The van der Waals surface area contributed by atoms with Crippen molar-refractivity contribution in [2.24, 2.45) is 10.9 Å². The van der Waals surface area contributed by atoms with Gasteiger partial charge in [-0.05, 0) is 25.0 Å². The van der Waals surface area contributed by atoms with Crippen molar-refractivity contribution in [3.8, 4) is 5.75 Å². The van der Waals surface area contributed by atoms with Gasteiger partial charge in [-0.2, -0.15) is 0 Å². The van der Waals surface area contributed by atoms with E-state index in [4.69, 9.17) is 15.7 Å². The van der Waals surface area contributed by atoms with Crippen molar-refractivity contribution in [1.29, 1.82) is 0 Å². The summed E-state index contributed by atoms with van der Waals surface area (Å²) in [5.41, 5.74) is 6.45. The highest BCUT2D eigenvalue weighted by atomic mass is 16.5. The highest BCUT2D eigenvalue weighted by Crippen LogP contribution is 2.33. The maximum absolute atomic E-state index is 10.6. The summed E-state index contributed by atoms with van der Waals surface area (Å²) in [6, 6.07) is 5.33. The molecule has 0 aromatic heterocycles. The molecule has 1 aromatic carbocycles. The number of aliphatic hydroxyl groups is 1. The Morgan fingerprint density at radius 1 is 1.43 bits per heavy atom. The summed E-state index contributed by atoms with van der Waals surface area (Å²) >= 11 is 0. The van der Waals surface area contributed by atoms with Crippen LogP contribution in [0.1, 0.15) is 31.2 Å². The third-order valence-electron chi connectivity index (χ3n) is 4.07. The zero-order valence-corrected chi connectivity index (χ0v) is 12.5. The molecule has 6 heteroatoms. The second kappa shape index (κ2) is 6.22. The quantitative estimate of drug-likeness (QED) is 0.331. The lowest BCUT2D eigenvalue weighted by molar-refractivity contribution is 0.0559. The van der Waals surface area contributed by atoms with Crippen molar-refractivity contribution in [2.75, 3.05) is 25.6 Å². The standard InChI is InChI=1S/C15H23N3O3/c1-18(10-15(19)7-3-4-8-15)13-9-11(21-2)5-6-12(13)14(16)17-20/h5-6,9,19-20H,3-4,7-8,10H2,1-2H3,(H2,16,17). The van der Waals surface area contributed by atoms with Gasteiger partial charge >= 0.3 is 0 Å². The van der Waals surface area contributed by atoms with Crippen LogP contribution in [0.2, 0.25) is 0 Å². The number of benzene rings is 1. The van der Waals surface area contributed by atoms with Crippen molar-refractivity contribution >= 4 is 11.5 Å². The van der Waals surface area contributed by atoms with Gasteiger partial charge in [0.2, 0.25) is 0 Å². The topological polar surface area (TPSA) is 91.3 Å². The zero-order chi connectivity index (χ0) is 15.5. The van der Waals surface area contributed by atoms with Crippen LogP contribution in [-0.2, 0) is 0 Å². The van der Waals surface area contributed by atoms with Crippen molar-refractivity contribution in [2.45, 2.75) is 31.3 Å². The van der Waals surface area contributed by atoms with Crippen molar-refractivity contribution in [3.05, 3.63) is 23.8 Å². The van der Waals surface area contributed by atoms with Gasteiger partial charge in [-0.1, -0.05) is 18.0 Å². The zero-order valence-electron chi connectivity index (χ0n) is 12.5. The molecule has 116 valence electrons. The molecule has 0 atom stereocenters. The van der Waals surface area contributed by atoms with Gasteiger partial charge in [0, 0.05) is 25.2 Å². The van der Waals surface area contributed by atoms with Crippen LogP contribution in [0.4, 0.5) is 5.69 Å². The summed E-state index contributed by atoms with van der Waals surface area (Å²) in [6.45, 7) is 0.506. The molecule has 0 radical (unpaired) electrons. The van der Waals surface area contributed by atoms with Gasteiger partial charge in [-0.15, -0.1) is 0 Å². The van der Waals surface area contributed by atoms with E-state index in [0.29, 0.717) is 17.9 Å². The second-order valence-corrected chi connectivity index (χ2v) is 5.66. The Balaban J connectivity index is 2.31. The Morgan fingerprint density at radius 2 is 2.10 bits per heavy atom. The third kappa shape index (κ3) is 3.39. The van der Waals surface area contributed by atoms with Gasteiger partial charge in [-0.25, -0.2) is 0 Å². The van der Waals surface area contributed by atoms with E-state index in [1.807, 2.05) is 18.0 Å². The molecule has 6 nitrogen and oxygen atoms in total. The van der Waals surface area contributed by atoms with Gasteiger partial charge in [0.05, 0.1) is 18.4 Å². The highest BCUT2D eigenvalue weighted by Gasteiger charge is 2.33. The summed E-state index contributed by atoms with van der Waals surface area (Å²) in [5.74, 6) is 0.725. The van der Waals surface area contributed by atoms with Crippen LogP contribution in [0, 0.1) is 0 Å². The molecule has 0 aliphatic heterocycles. The number of hydrogen-bond donors (Lipinski definition) is 3. The van der Waals surface area contributed by atoms with Crippen molar-refractivity contribution in [3.63, 3.8) is 0 Å². The lowest BCUT2D eigenvalue weighted by Crippen LogP contribution is -2.40. The number of anilines is 1. The first kappa shape index (κ1) is 15.4. The molecule has 1 aromatic rings. The minimum atomic E-state index is -0.666. The van der Waals surface area contributed by atoms with E-state index in [-0.39, 0.29) is 5.84 Å². The Bertz CT molecular complexity index is 525. The fourth-order valence-corrected chi connectivity index (χ4v) is 2.94. The van der Waals surface area contributed by atoms with E-state index in [1.165, 1.54) is 0 Å². The number of amidine groups is 1. The van der Waals surface area contributed by atoms with Crippen molar-refractivity contribution < 1.29 is 15.1 Å². The van der Waals surface area contributed by atoms with Crippen LogP contribution in [0.25, 0.3) is 0 Å². The molecule has 1 aliphatic carbocycles. The second-order valence-electron chi connectivity index (χ2n) is 5.66. The highest BCUT2D eigenvalue weighted by molar-refractivity contribution is 6.02. The average Bonchev–Trinajstić information content (AvgIpc) is 2.91. The van der Waals surface area contributed by atoms with Gasteiger partial charge in [-0.3, -0.25) is 0 Å². The third-order valence-corrected chi connectivity index (χ3v) is 4.07. The minimum absolute atomic E-state index is 0.0397. The Morgan fingerprint density at radius 3 is 2.67 bits per heavy atom. The first-order valence-electron chi connectivity index (χ1n) is 7.08. The fourth-order valence-electron chi connectivity index (χ4n) is 2.94. The monoisotopic (exact) mass is 293 g/mol. The Labute approximate surface area is 124 Å². The van der Waals surface area contributed by atoms with Crippen LogP contribution in [0.5, 0.6) is 5.75 Å². The normalized spacial score (nSPS) is 17.8. The minimum Gasteiger partial charge on any atom is -0.497 e. The van der Waals surface area contributed by atoms with Crippen LogP contribution < -0.4 is 15.4 Å². The first-order chi connectivity index (χ1) is 9.99. The number of rotatable bonds is 5. The molecule has 0 unspecified atom stereocenters. The SMILES string of the molecule is COc1ccc(/C(N)=N/O)c(N(C)CC2(O)CCCC2)c1. The number of methoxy groups -OCH3 is 1. The summed E-state index contributed by atoms with van der Waals surface area (Å²) < 4.78 is 5.24. The fraction of sp³-hybridized carbons (Fsp3) is 0.533. The lowest BCUT2D eigenvalue weighted by Gasteiger charge is -2.31. The Hall–Kier alpha value is -1.95. The van der Waals surface area contributed by atoms with Gasteiger partial charge in [0.15, 0.2) is 5.84 Å². The number of nitrogens with two attached hydrogens (primary N) is 1. The van der Waals surface area contributed by atoms with E-state index < -0.39 is 5.60 Å². The van der Waals surface area contributed by atoms with Gasteiger partial charge < -0.3 is 25.7 Å². The molecule has 2 rings (SSSR count). The predicted octanol–water partition coefficient (Wildman–Crippen LogP) is 1.53. The summed E-state index contributed by atoms with van der Waals surface area (Å²) in [6.07, 6.45) is 3.71. The molecular formula is C15H23N3O3. The van der Waals surface area contributed by atoms with Crippen LogP contribution in [0.3, 0.4) is 0 Å². The summed E-state index contributed by atoms with van der Waals surface area (Å²) in [7, 11) is 3.48. The molecule has 0 saturated heterocycles. The molecule has 0 amide bonds. The van der Waals surface area contributed by atoms with Crippen LogP contribution in [-0.4, -0.2) is 42.5 Å². The van der Waals surface area contributed by atoms with Crippen molar-refractivity contribution in [1.82, 2.24) is 0 Å². The molecule has 1 saturated carbocycles. The molecule has 0 heterocycles. The summed E-state index contributed by atoms with van der Waals surface area (Å²) in [4.78, 5) is 1.93. The maximum atomic E-state index is 10.6. The van der Waals surface area contributed by atoms with Gasteiger partial charge in [0.25, 0.3) is 0 Å². The first-order valence-corrected chi connectivity index (χ1v) is 7.08. The predicted molar refractivity (Wildman–Crippen MR) is 82.2 cm³/mol. The molecule has 0 spiro atoms. The maximum Gasteiger partial charge on any atom is 0.172 e. The number of likely N-dealkylation sites (N-methyl/N-ethyl adjacent to an activating group) is 1. The molecular weight excluding hydrogens is 270 g/mol. The number of nitrogens with zero attached hydrogens (tertiary/aromatic N) is 2. The van der Waals surface area contributed by atoms with E-state index in [0.717, 1.165) is 31.4 Å². The van der Waals surface area contributed by atoms with E-state index in [1.54, 1.807) is 19.2 Å². The molecule has 1 fully saturated rings. The van der Waals surface area contributed by atoms with E-state index in [9.17, 15) is 5.11 Å². The molecule has 21 heavy (non-hydrogen) atoms. The smallest absolute Gasteiger partial charge is 0.172 e. The largest absolute Gasteiger partial charge is 0.497 e. The molecule has 0 bridgehead atoms. The average molecular weight is 293 g/mol. The number of ether oxygens (including phenoxy) is 1. The number of oxime groups is 1. The van der Waals surface area contributed by atoms with Crippen LogP contribution >= 0.6 is 0 Å². The molecule has 4 N–H and O–H groups in total. The van der Waals surface area contributed by atoms with E-state index >= 15 is 0 Å². The van der Waals surface area contributed by atoms with E-state index in [2.05, 4.69) is 5.16 Å².